The van der Waals surface area contributed by atoms with Crippen molar-refractivity contribution < 1.29 is 0 Å². The molecule has 1 aromatic heterocycles. The summed E-state index contributed by atoms with van der Waals surface area (Å²) in [6.07, 6.45) is 4.45. The minimum absolute atomic E-state index is 0.362. The Morgan fingerprint density at radius 2 is 2.00 bits per heavy atom. The van der Waals surface area contributed by atoms with Gasteiger partial charge >= 0.3 is 0 Å². The topological polar surface area (TPSA) is 31.4 Å². The van der Waals surface area contributed by atoms with Gasteiger partial charge in [-0.1, -0.05) is 6.07 Å². The molecule has 19 heavy (non-hydrogen) atoms. The van der Waals surface area contributed by atoms with Crippen molar-refractivity contribution in [2.75, 3.05) is 39.1 Å². The zero-order valence-corrected chi connectivity index (χ0v) is 12.6. The highest BCUT2D eigenvalue weighted by Crippen LogP contribution is 2.21. The van der Waals surface area contributed by atoms with Crippen molar-refractivity contribution in [3.63, 3.8) is 0 Å². The third-order valence-electron chi connectivity index (χ3n) is 4.22. The van der Waals surface area contributed by atoms with Crippen molar-refractivity contribution in [2.24, 2.45) is 0 Å². The zero-order chi connectivity index (χ0) is 13.8. The molecule has 1 fully saturated rings. The lowest BCUT2D eigenvalue weighted by atomic mass is 10.0. The molecule has 1 N–H and O–H groups in total. The first-order valence-corrected chi connectivity index (χ1v) is 7.16. The van der Waals surface area contributed by atoms with Gasteiger partial charge in [-0.25, -0.2) is 4.98 Å². The van der Waals surface area contributed by atoms with Crippen molar-refractivity contribution in [2.45, 2.75) is 31.8 Å². The molecule has 106 valence electrons. The van der Waals surface area contributed by atoms with E-state index in [2.05, 4.69) is 53.3 Å². The van der Waals surface area contributed by atoms with Crippen LogP contribution in [0.25, 0.3) is 0 Å². The summed E-state index contributed by atoms with van der Waals surface area (Å²) in [5.41, 5.74) is 1.24. The first-order chi connectivity index (χ1) is 9.11. The molecule has 0 spiro atoms. The quantitative estimate of drug-likeness (QED) is 0.898. The molecule has 1 aliphatic heterocycles. The van der Waals surface area contributed by atoms with Crippen LogP contribution in [0, 0.1) is 0 Å². The smallest absolute Gasteiger partial charge is 0.128 e. The van der Waals surface area contributed by atoms with Crippen LogP contribution in [-0.4, -0.2) is 50.2 Å². The summed E-state index contributed by atoms with van der Waals surface area (Å²) in [5.74, 6) is 1.12. The van der Waals surface area contributed by atoms with Crippen molar-refractivity contribution in [1.29, 1.82) is 0 Å². The number of nitrogens with one attached hydrogen (secondary N) is 1. The molecule has 1 aliphatic rings. The van der Waals surface area contributed by atoms with Crippen LogP contribution in [0.2, 0.25) is 0 Å². The van der Waals surface area contributed by atoms with E-state index in [1.807, 2.05) is 13.2 Å². The van der Waals surface area contributed by atoms with Crippen LogP contribution in [-0.2, 0) is 0 Å². The maximum Gasteiger partial charge on any atom is 0.128 e. The molecule has 4 nitrogen and oxygen atoms in total. The SMILES string of the molecule is CNC(C)c1ccc(N2CCC(N(C)C)CC2)nc1. The van der Waals surface area contributed by atoms with Gasteiger partial charge in [0.15, 0.2) is 0 Å². The van der Waals surface area contributed by atoms with Gasteiger partial charge in [0.1, 0.15) is 5.82 Å². The van der Waals surface area contributed by atoms with Gasteiger partial charge in [-0.15, -0.1) is 0 Å². The van der Waals surface area contributed by atoms with Gasteiger partial charge in [0.2, 0.25) is 0 Å². The van der Waals surface area contributed by atoms with Gasteiger partial charge in [0.25, 0.3) is 0 Å². The van der Waals surface area contributed by atoms with Crippen molar-refractivity contribution in [3.05, 3.63) is 23.9 Å². The Morgan fingerprint density at radius 1 is 1.32 bits per heavy atom. The average molecular weight is 262 g/mol. The van der Waals surface area contributed by atoms with Gasteiger partial charge in [-0.05, 0) is 52.5 Å². The monoisotopic (exact) mass is 262 g/mol. The molecule has 0 radical (unpaired) electrons. The first kappa shape index (κ1) is 14.3. The maximum atomic E-state index is 4.61. The number of pyridine rings is 1. The Kier molecular flexibility index (Phi) is 4.77. The Balaban J connectivity index is 1.96. The molecule has 0 amide bonds. The Labute approximate surface area is 116 Å². The number of anilines is 1. The third kappa shape index (κ3) is 3.45. The molecule has 1 unspecified atom stereocenters. The van der Waals surface area contributed by atoms with E-state index in [1.165, 1.54) is 18.4 Å². The number of hydrogen-bond donors (Lipinski definition) is 1. The number of aromatic nitrogens is 1. The molecule has 0 aliphatic carbocycles. The van der Waals surface area contributed by atoms with Gasteiger partial charge in [-0.3, -0.25) is 0 Å². The van der Waals surface area contributed by atoms with Crippen LogP contribution < -0.4 is 10.2 Å². The summed E-state index contributed by atoms with van der Waals surface area (Å²) in [4.78, 5) is 9.35. The predicted molar refractivity (Wildman–Crippen MR) is 80.6 cm³/mol. The van der Waals surface area contributed by atoms with E-state index < -0.39 is 0 Å². The highest BCUT2D eigenvalue weighted by Gasteiger charge is 2.21. The van der Waals surface area contributed by atoms with Crippen LogP contribution in [0.5, 0.6) is 0 Å². The summed E-state index contributed by atoms with van der Waals surface area (Å²) in [7, 11) is 6.32. The molecule has 0 aromatic carbocycles. The van der Waals surface area contributed by atoms with E-state index in [1.54, 1.807) is 0 Å². The minimum Gasteiger partial charge on any atom is -0.357 e. The molecule has 0 bridgehead atoms. The Morgan fingerprint density at radius 3 is 2.47 bits per heavy atom. The van der Waals surface area contributed by atoms with Crippen LogP contribution in [0.15, 0.2) is 18.3 Å². The lowest BCUT2D eigenvalue weighted by molar-refractivity contribution is 0.249. The molecule has 1 atom stereocenters. The average Bonchev–Trinajstić information content (AvgIpc) is 2.46. The van der Waals surface area contributed by atoms with Crippen LogP contribution in [0.3, 0.4) is 0 Å². The van der Waals surface area contributed by atoms with Crippen LogP contribution >= 0.6 is 0 Å². The lowest BCUT2D eigenvalue weighted by Crippen LogP contribution is -2.42. The van der Waals surface area contributed by atoms with E-state index in [0.717, 1.165) is 24.9 Å². The maximum absolute atomic E-state index is 4.61. The number of hydrogen-bond acceptors (Lipinski definition) is 4. The molecule has 1 saturated heterocycles. The van der Waals surface area contributed by atoms with Gasteiger partial charge in [0.05, 0.1) is 0 Å². The highest BCUT2D eigenvalue weighted by atomic mass is 15.2. The van der Waals surface area contributed by atoms with E-state index >= 15 is 0 Å². The number of nitrogens with zero attached hydrogens (tertiary/aromatic N) is 3. The molecular formula is C15H26N4. The van der Waals surface area contributed by atoms with E-state index in [9.17, 15) is 0 Å². The van der Waals surface area contributed by atoms with Gasteiger partial charge in [-0.2, -0.15) is 0 Å². The van der Waals surface area contributed by atoms with Gasteiger partial charge < -0.3 is 15.1 Å². The fourth-order valence-corrected chi connectivity index (χ4v) is 2.62. The molecule has 4 heteroatoms. The van der Waals surface area contributed by atoms with Crippen molar-refractivity contribution in [1.82, 2.24) is 15.2 Å². The summed E-state index contributed by atoms with van der Waals surface area (Å²) < 4.78 is 0. The fraction of sp³-hybridized carbons (Fsp3) is 0.667. The van der Waals surface area contributed by atoms with Gasteiger partial charge in [0, 0.05) is 31.4 Å². The predicted octanol–water partition coefficient (Wildman–Crippen LogP) is 1.89. The Bertz CT molecular complexity index is 380. The zero-order valence-electron chi connectivity index (χ0n) is 12.6. The molecular weight excluding hydrogens is 236 g/mol. The minimum atomic E-state index is 0.362. The second-order valence-electron chi connectivity index (χ2n) is 5.64. The summed E-state index contributed by atoms with van der Waals surface area (Å²) in [5, 5.41) is 3.24. The summed E-state index contributed by atoms with van der Waals surface area (Å²) in [6.45, 7) is 4.37. The Hall–Kier alpha value is -1.13. The first-order valence-electron chi connectivity index (χ1n) is 7.16. The van der Waals surface area contributed by atoms with Crippen LogP contribution in [0.4, 0.5) is 5.82 Å². The molecule has 0 saturated carbocycles. The second-order valence-corrected chi connectivity index (χ2v) is 5.64. The molecule has 2 rings (SSSR count). The number of piperidine rings is 1. The van der Waals surface area contributed by atoms with Crippen molar-refractivity contribution in [3.8, 4) is 0 Å². The largest absolute Gasteiger partial charge is 0.357 e. The molecule has 1 aromatic rings. The number of rotatable bonds is 4. The van der Waals surface area contributed by atoms with E-state index in [-0.39, 0.29) is 0 Å². The van der Waals surface area contributed by atoms with E-state index in [4.69, 9.17) is 0 Å². The third-order valence-corrected chi connectivity index (χ3v) is 4.22. The fourth-order valence-electron chi connectivity index (χ4n) is 2.62. The van der Waals surface area contributed by atoms with Crippen LogP contribution in [0.1, 0.15) is 31.4 Å². The van der Waals surface area contributed by atoms with E-state index in [0.29, 0.717) is 6.04 Å². The molecule has 2 heterocycles. The summed E-state index contributed by atoms with van der Waals surface area (Å²) in [6, 6.07) is 5.42. The normalized spacial score (nSPS) is 18.9. The highest BCUT2D eigenvalue weighted by molar-refractivity contribution is 5.40. The summed E-state index contributed by atoms with van der Waals surface area (Å²) >= 11 is 0. The standard InChI is InChI=1S/C15H26N4/c1-12(16-2)13-5-6-15(17-11-13)19-9-7-14(8-10-19)18(3)4/h5-6,11-12,14,16H,7-10H2,1-4H3. The van der Waals surface area contributed by atoms with Crippen molar-refractivity contribution >= 4 is 5.82 Å². The lowest BCUT2D eigenvalue weighted by Gasteiger charge is -2.35. The second kappa shape index (κ2) is 6.35.